The van der Waals surface area contributed by atoms with E-state index in [1.165, 1.54) is 0 Å². The zero-order chi connectivity index (χ0) is 6.85. The zero-order valence-corrected chi connectivity index (χ0v) is 5.54. The minimum atomic E-state index is -0.276. The monoisotopic (exact) mass is 131 g/mol. The van der Waals surface area contributed by atoms with E-state index >= 15 is 0 Å². The molecule has 0 aromatic heterocycles. The quantitative estimate of drug-likeness (QED) is 0.432. The van der Waals surface area contributed by atoms with Crippen LogP contribution in [0.4, 0.5) is 0 Å². The Morgan fingerprint density at radius 1 is 1.67 bits per heavy atom. The lowest BCUT2D eigenvalue weighted by atomic mass is 10.2. The highest BCUT2D eigenvalue weighted by atomic mass is 16.3. The van der Waals surface area contributed by atoms with Crippen LogP contribution < -0.4 is 5.32 Å². The van der Waals surface area contributed by atoms with Gasteiger partial charge in [0.05, 0.1) is 12.7 Å². The van der Waals surface area contributed by atoms with Crippen LogP contribution >= 0.6 is 0 Å². The van der Waals surface area contributed by atoms with Crippen LogP contribution in [0.5, 0.6) is 0 Å². The molecule has 1 rings (SSSR count). The Hall–Kier alpha value is -0.120. The lowest BCUT2D eigenvalue weighted by Gasteiger charge is -2.06. The van der Waals surface area contributed by atoms with Crippen molar-refractivity contribution in [3.05, 3.63) is 0 Å². The molecule has 1 fully saturated rings. The SMILES string of the molecule is C[C@H]1NC(CO)CC1O. The highest BCUT2D eigenvalue weighted by Crippen LogP contribution is 2.11. The van der Waals surface area contributed by atoms with Gasteiger partial charge in [-0.2, -0.15) is 0 Å². The molecule has 1 heterocycles. The average molecular weight is 131 g/mol. The minimum absolute atomic E-state index is 0.106. The fourth-order valence-electron chi connectivity index (χ4n) is 1.17. The Labute approximate surface area is 54.7 Å². The zero-order valence-electron chi connectivity index (χ0n) is 5.54. The number of rotatable bonds is 1. The Balaban J connectivity index is 2.35. The summed E-state index contributed by atoms with van der Waals surface area (Å²) in [5, 5.41) is 20.8. The molecule has 0 aromatic rings. The summed E-state index contributed by atoms with van der Waals surface area (Å²) in [6.07, 6.45) is 0.402. The summed E-state index contributed by atoms with van der Waals surface area (Å²) >= 11 is 0. The van der Waals surface area contributed by atoms with Crippen LogP contribution in [0.2, 0.25) is 0 Å². The first-order valence-electron chi connectivity index (χ1n) is 3.29. The van der Waals surface area contributed by atoms with Gasteiger partial charge in [0.1, 0.15) is 0 Å². The van der Waals surface area contributed by atoms with Gasteiger partial charge in [0.2, 0.25) is 0 Å². The highest BCUT2D eigenvalue weighted by Gasteiger charge is 2.27. The second-order valence-corrected chi connectivity index (χ2v) is 2.64. The van der Waals surface area contributed by atoms with Crippen LogP contribution in [-0.4, -0.2) is 35.0 Å². The molecule has 0 aromatic carbocycles. The van der Waals surface area contributed by atoms with Crippen molar-refractivity contribution in [2.75, 3.05) is 6.61 Å². The van der Waals surface area contributed by atoms with Gasteiger partial charge >= 0.3 is 0 Å². The molecule has 0 spiro atoms. The van der Waals surface area contributed by atoms with Crippen molar-refractivity contribution in [3.63, 3.8) is 0 Å². The maximum Gasteiger partial charge on any atom is 0.0706 e. The van der Waals surface area contributed by atoms with Gasteiger partial charge in [-0.25, -0.2) is 0 Å². The number of hydrogen-bond acceptors (Lipinski definition) is 3. The van der Waals surface area contributed by atoms with Crippen LogP contribution in [0.1, 0.15) is 13.3 Å². The Morgan fingerprint density at radius 3 is 2.56 bits per heavy atom. The van der Waals surface area contributed by atoms with Crippen molar-refractivity contribution in [1.82, 2.24) is 5.32 Å². The molecule has 3 N–H and O–H groups in total. The van der Waals surface area contributed by atoms with Gasteiger partial charge in [-0.15, -0.1) is 0 Å². The van der Waals surface area contributed by atoms with Gasteiger partial charge in [-0.05, 0) is 13.3 Å². The molecule has 1 aliphatic rings. The highest BCUT2D eigenvalue weighted by molar-refractivity contribution is 4.87. The van der Waals surface area contributed by atoms with E-state index in [1.54, 1.807) is 0 Å². The summed E-state index contributed by atoms with van der Waals surface area (Å²) in [5.41, 5.74) is 0. The molecule has 3 atom stereocenters. The summed E-state index contributed by atoms with van der Waals surface area (Å²) in [5.74, 6) is 0. The van der Waals surface area contributed by atoms with Crippen molar-refractivity contribution in [3.8, 4) is 0 Å². The molecule has 54 valence electrons. The van der Waals surface area contributed by atoms with E-state index in [0.29, 0.717) is 6.42 Å². The third kappa shape index (κ3) is 1.41. The van der Waals surface area contributed by atoms with Crippen molar-refractivity contribution in [2.45, 2.75) is 31.5 Å². The fraction of sp³-hybridized carbons (Fsp3) is 1.00. The van der Waals surface area contributed by atoms with Gasteiger partial charge in [0, 0.05) is 12.1 Å². The first-order chi connectivity index (χ1) is 4.24. The molecule has 1 saturated heterocycles. The van der Waals surface area contributed by atoms with E-state index in [2.05, 4.69) is 5.32 Å². The molecular weight excluding hydrogens is 118 g/mol. The molecular formula is C6H13NO2. The average Bonchev–Trinajstić information content (AvgIpc) is 2.13. The van der Waals surface area contributed by atoms with Crippen LogP contribution in [0.25, 0.3) is 0 Å². The van der Waals surface area contributed by atoms with E-state index in [0.717, 1.165) is 0 Å². The number of aliphatic hydroxyl groups is 2. The Kier molecular flexibility index (Phi) is 2.05. The summed E-state index contributed by atoms with van der Waals surface area (Å²) in [6, 6.07) is 0.247. The summed E-state index contributed by atoms with van der Waals surface area (Å²) < 4.78 is 0. The second kappa shape index (κ2) is 2.64. The predicted octanol–water partition coefficient (Wildman–Crippen LogP) is -0.910. The van der Waals surface area contributed by atoms with Crippen LogP contribution in [0, 0.1) is 0 Å². The number of nitrogens with one attached hydrogen (secondary N) is 1. The molecule has 9 heavy (non-hydrogen) atoms. The van der Waals surface area contributed by atoms with Crippen molar-refractivity contribution in [2.24, 2.45) is 0 Å². The van der Waals surface area contributed by atoms with E-state index in [9.17, 15) is 0 Å². The van der Waals surface area contributed by atoms with Crippen molar-refractivity contribution >= 4 is 0 Å². The lowest BCUT2D eigenvalue weighted by Crippen LogP contribution is -2.31. The van der Waals surface area contributed by atoms with Gasteiger partial charge in [0.15, 0.2) is 0 Å². The van der Waals surface area contributed by atoms with Crippen molar-refractivity contribution in [1.29, 1.82) is 0 Å². The summed E-state index contributed by atoms with van der Waals surface area (Å²) in [4.78, 5) is 0. The molecule has 0 radical (unpaired) electrons. The van der Waals surface area contributed by atoms with E-state index < -0.39 is 0 Å². The lowest BCUT2D eigenvalue weighted by molar-refractivity contribution is 0.161. The van der Waals surface area contributed by atoms with Gasteiger partial charge < -0.3 is 15.5 Å². The molecule has 0 saturated carbocycles. The van der Waals surface area contributed by atoms with Gasteiger partial charge in [-0.1, -0.05) is 0 Å². The van der Waals surface area contributed by atoms with Crippen molar-refractivity contribution < 1.29 is 10.2 Å². The maximum absolute atomic E-state index is 9.13. The summed E-state index contributed by atoms with van der Waals surface area (Å²) in [6.45, 7) is 2.04. The maximum atomic E-state index is 9.13. The fourth-order valence-corrected chi connectivity index (χ4v) is 1.17. The largest absolute Gasteiger partial charge is 0.395 e. The van der Waals surface area contributed by atoms with E-state index in [1.807, 2.05) is 6.92 Å². The van der Waals surface area contributed by atoms with E-state index in [4.69, 9.17) is 10.2 Å². The van der Waals surface area contributed by atoms with Crippen LogP contribution in [0.3, 0.4) is 0 Å². The normalized spacial score (nSPS) is 43.7. The van der Waals surface area contributed by atoms with Crippen LogP contribution in [0.15, 0.2) is 0 Å². The molecule has 0 bridgehead atoms. The van der Waals surface area contributed by atoms with Crippen LogP contribution in [-0.2, 0) is 0 Å². The smallest absolute Gasteiger partial charge is 0.0706 e. The molecule has 3 nitrogen and oxygen atoms in total. The predicted molar refractivity (Wildman–Crippen MR) is 34.1 cm³/mol. The third-order valence-corrected chi connectivity index (χ3v) is 1.82. The molecule has 1 aliphatic heterocycles. The van der Waals surface area contributed by atoms with Gasteiger partial charge in [-0.3, -0.25) is 0 Å². The minimum Gasteiger partial charge on any atom is -0.395 e. The first kappa shape index (κ1) is 6.99. The van der Waals surface area contributed by atoms with Gasteiger partial charge in [0.25, 0.3) is 0 Å². The molecule has 0 aliphatic carbocycles. The first-order valence-corrected chi connectivity index (χ1v) is 3.29. The number of aliphatic hydroxyl groups excluding tert-OH is 2. The topological polar surface area (TPSA) is 52.5 Å². The Morgan fingerprint density at radius 2 is 2.33 bits per heavy atom. The summed E-state index contributed by atoms with van der Waals surface area (Å²) in [7, 11) is 0. The third-order valence-electron chi connectivity index (χ3n) is 1.82. The second-order valence-electron chi connectivity index (χ2n) is 2.64. The number of hydrogen-bond donors (Lipinski definition) is 3. The molecule has 2 unspecified atom stereocenters. The Bertz CT molecular complexity index is 87.1. The molecule has 0 amide bonds. The molecule has 3 heteroatoms. The standard InChI is InChI=1S/C6H13NO2/c1-4-6(9)2-5(3-8)7-4/h4-9H,2-3H2,1H3/t4-,5?,6?/m1/s1. The van der Waals surface area contributed by atoms with E-state index in [-0.39, 0.29) is 24.8 Å².